The van der Waals surface area contributed by atoms with Gasteiger partial charge in [-0.15, -0.1) is 0 Å². The molecule has 1 N–H and O–H groups in total. The van der Waals surface area contributed by atoms with Crippen molar-refractivity contribution in [1.29, 1.82) is 0 Å². The van der Waals surface area contributed by atoms with Crippen molar-refractivity contribution in [1.82, 2.24) is 14.5 Å². The monoisotopic (exact) mass is 344 g/mol. The second-order valence-electron chi connectivity index (χ2n) is 6.16. The van der Waals surface area contributed by atoms with E-state index in [9.17, 15) is 9.59 Å². The molecule has 1 aromatic carbocycles. The zero-order chi connectivity index (χ0) is 18.3. The van der Waals surface area contributed by atoms with Crippen LogP contribution in [0.3, 0.4) is 0 Å². The summed E-state index contributed by atoms with van der Waals surface area (Å²) in [7, 11) is 0. The van der Waals surface area contributed by atoms with Gasteiger partial charge in [0.1, 0.15) is 12.0 Å². The molecule has 1 aliphatic carbocycles. The summed E-state index contributed by atoms with van der Waals surface area (Å²) in [5.41, 5.74) is 4.64. The maximum atomic E-state index is 12.5. The van der Waals surface area contributed by atoms with Gasteiger partial charge in [0.05, 0.1) is 11.3 Å². The molecule has 0 spiro atoms. The minimum absolute atomic E-state index is 0.143. The Bertz CT molecular complexity index is 1040. The number of rotatable bonds is 3. The number of carbonyl (C=O) groups is 2. The van der Waals surface area contributed by atoms with Gasteiger partial charge in [0.2, 0.25) is 11.6 Å². The van der Waals surface area contributed by atoms with Crippen molar-refractivity contribution < 1.29 is 9.59 Å². The average Bonchev–Trinajstić information content (AvgIpc) is 2.99. The van der Waals surface area contributed by atoms with E-state index >= 15 is 0 Å². The molecule has 0 bridgehead atoms. The van der Waals surface area contributed by atoms with Crippen molar-refractivity contribution in [2.75, 3.05) is 5.32 Å². The van der Waals surface area contributed by atoms with Crippen molar-refractivity contribution in [2.45, 2.75) is 13.8 Å². The number of allylic oxidation sites excluding steroid dienone is 2. The number of aromatic nitrogens is 3. The van der Waals surface area contributed by atoms with Crippen LogP contribution in [-0.2, 0) is 0 Å². The van der Waals surface area contributed by atoms with E-state index in [1.807, 2.05) is 24.3 Å². The van der Waals surface area contributed by atoms with E-state index in [1.165, 1.54) is 18.6 Å². The summed E-state index contributed by atoms with van der Waals surface area (Å²) in [6, 6.07) is 11.8. The molecule has 0 unspecified atom stereocenters. The van der Waals surface area contributed by atoms with Crippen LogP contribution in [0.5, 0.6) is 0 Å². The molecule has 4 rings (SSSR count). The largest absolute Gasteiger partial charge is 0.352 e. The molecule has 1 aliphatic rings. The number of nitrogens with one attached hydrogen (secondary N) is 1. The second kappa shape index (κ2) is 6.07. The van der Waals surface area contributed by atoms with Crippen molar-refractivity contribution in [2.24, 2.45) is 0 Å². The Hall–Kier alpha value is -3.54. The number of carbonyl (C=O) groups excluding carboxylic acids is 2. The first-order valence-corrected chi connectivity index (χ1v) is 8.18. The van der Waals surface area contributed by atoms with Crippen LogP contribution in [0.15, 0.2) is 60.7 Å². The van der Waals surface area contributed by atoms with E-state index in [1.54, 1.807) is 0 Å². The third-order valence-electron chi connectivity index (χ3n) is 4.39. The molecule has 2 aromatic heterocycles. The van der Waals surface area contributed by atoms with Gasteiger partial charge in [0, 0.05) is 35.0 Å². The lowest BCUT2D eigenvalue weighted by Gasteiger charge is -2.16. The number of fused-ring (bicyclic) bond motifs is 1. The summed E-state index contributed by atoms with van der Waals surface area (Å²) in [5, 5.41) is 3.03. The number of Topliss-reactive ketones (excluding diaryl/α,β-unsaturated/α-hetero) is 1. The van der Waals surface area contributed by atoms with Gasteiger partial charge in [0.25, 0.3) is 0 Å². The van der Waals surface area contributed by atoms with Crippen LogP contribution >= 0.6 is 0 Å². The number of anilines is 1. The fraction of sp³-hybridized carbons (Fsp3) is 0.100. The lowest BCUT2D eigenvalue weighted by molar-refractivity contribution is 0.0981. The molecular formula is C20H16N4O2. The first kappa shape index (κ1) is 16.0. The standard InChI is InChI=1S/C20H16N4O2/c1-12-3-4-13(2)24(12)15-7-5-14(6-8-15)23-17-9-18(25)19-16(20(17)26)10-21-11-22-19/h3-11,23H,1-2H3. The predicted octanol–water partition coefficient (Wildman–Crippen LogP) is 3.26. The lowest BCUT2D eigenvalue weighted by atomic mass is 9.98. The number of nitrogens with zero attached hydrogens (tertiary/aromatic N) is 3. The van der Waals surface area contributed by atoms with E-state index in [2.05, 4.69) is 45.8 Å². The highest BCUT2D eigenvalue weighted by atomic mass is 16.1. The summed E-state index contributed by atoms with van der Waals surface area (Å²) in [4.78, 5) is 32.4. The minimum atomic E-state index is -0.306. The maximum Gasteiger partial charge on any atom is 0.213 e. The molecule has 0 atom stereocenters. The van der Waals surface area contributed by atoms with E-state index in [0.29, 0.717) is 0 Å². The van der Waals surface area contributed by atoms with Crippen LogP contribution in [0.1, 0.15) is 32.2 Å². The zero-order valence-corrected chi connectivity index (χ0v) is 14.4. The van der Waals surface area contributed by atoms with E-state index in [-0.39, 0.29) is 28.5 Å². The molecule has 6 nitrogen and oxygen atoms in total. The molecule has 6 heteroatoms. The van der Waals surface area contributed by atoms with Crippen LogP contribution in [-0.4, -0.2) is 26.1 Å². The highest BCUT2D eigenvalue weighted by Gasteiger charge is 2.27. The molecule has 0 saturated heterocycles. The Labute approximate surface area is 150 Å². The smallest absolute Gasteiger partial charge is 0.213 e. The highest BCUT2D eigenvalue weighted by Crippen LogP contribution is 2.23. The third kappa shape index (κ3) is 2.61. The maximum absolute atomic E-state index is 12.5. The molecule has 128 valence electrons. The van der Waals surface area contributed by atoms with Gasteiger partial charge in [-0.25, -0.2) is 9.97 Å². The Balaban J connectivity index is 1.61. The van der Waals surface area contributed by atoms with Crippen molar-refractivity contribution in [3.63, 3.8) is 0 Å². The number of hydrogen-bond acceptors (Lipinski definition) is 5. The summed E-state index contributed by atoms with van der Waals surface area (Å²) >= 11 is 0. The van der Waals surface area contributed by atoms with E-state index < -0.39 is 0 Å². The molecule has 2 heterocycles. The average molecular weight is 344 g/mol. The number of benzene rings is 1. The molecule has 0 saturated carbocycles. The van der Waals surface area contributed by atoms with Crippen LogP contribution in [0, 0.1) is 13.8 Å². The molecule has 0 aliphatic heterocycles. The molecule has 0 radical (unpaired) electrons. The van der Waals surface area contributed by atoms with Gasteiger partial charge >= 0.3 is 0 Å². The van der Waals surface area contributed by atoms with Gasteiger partial charge in [-0.1, -0.05) is 0 Å². The predicted molar refractivity (Wildman–Crippen MR) is 97.6 cm³/mol. The van der Waals surface area contributed by atoms with Crippen molar-refractivity contribution in [3.8, 4) is 5.69 Å². The SMILES string of the molecule is Cc1ccc(C)n1-c1ccc(NC2=CC(=O)c3ncncc3C2=O)cc1. The minimum Gasteiger partial charge on any atom is -0.352 e. The molecule has 0 amide bonds. The van der Waals surface area contributed by atoms with E-state index in [4.69, 9.17) is 0 Å². The Morgan fingerprint density at radius 1 is 0.962 bits per heavy atom. The summed E-state index contributed by atoms with van der Waals surface area (Å²) in [6.45, 7) is 4.10. The van der Waals surface area contributed by atoms with Crippen LogP contribution in [0.25, 0.3) is 5.69 Å². The third-order valence-corrected chi connectivity index (χ3v) is 4.39. The normalized spacial score (nSPS) is 13.4. The van der Waals surface area contributed by atoms with Crippen LogP contribution in [0.2, 0.25) is 0 Å². The molecule has 0 fully saturated rings. The highest BCUT2D eigenvalue weighted by molar-refractivity contribution is 6.24. The number of hydrogen-bond donors (Lipinski definition) is 1. The quantitative estimate of drug-likeness (QED) is 0.789. The van der Waals surface area contributed by atoms with Crippen molar-refractivity contribution >= 4 is 17.3 Å². The number of aryl methyl sites for hydroxylation is 2. The van der Waals surface area contributed by atoms with Gasteiger partial charge in [0.15, 0.2) is 0 Å². The van der Waals surface area contributed by atoms with Gasteiger partial charge in [-0.2, -0.15) is 0 Å². The van der Waals surface area contributed by atoms with Gasteiger partial charge in [-0.05, 0) is 50.2 Å². The first-order valence-electron chi connectivity index (χ1n) is 8.18. The number of ketones is 2. The molecule has 3 aromatic rings. The fourth-order valence-corrected chi connectivity index (χ4v) is 3.12. The fourth-order valence-electron chi connectivity index (χ4n) is 3.12. The Kier molecular flexibility index (Phi) is 3.73. The second-order valence-corrected chi connectivity index (χ2v) is 6.16. The van der Waals surface area contributed by atoms with Gasteiger partial charge in [-0.3, -0.25) is 9.59 Å². The lowest BCUT2D eigenvalue weighted by Crippen LogP contribution is -2.22. The molecule has 26 heavy (non-hydrogen) atoms. The van der Waals surface area contributed by atoms with E-state index in [0.717, 1.165) is 22.8 Å². The first-order chi connectivity index (χ1) is 12.5. The zero-order valence-electron chi connectivity index (χ0n) is 14.4. The van der Waals surface area contributed by atoms with Crippen LogP contribution in [0.4, 0.5) is 5.69 Å². The van der Waals surface area contributed by atoms with Gasteiger partial charge < -0.3 is 9.88 Å². The molecular weight excluding hydrogens is 328 g/mol. The summed E-state index contributed by atoms with van der Waals surface area (Å²) in [5.74, 6) is -0.596. The van der Waals surface area contributed by atoms with Crippen molar-refractivity contribution in [3.05, 3.63) is 83.3 Å². The summed E-state index contributed by atoms with van der Waals surface area (Å²) in [6.07, 6.45) is 3.92. The Morgan fingerprint density at radius 2 is 1.65 bits per heavy atom. The summed E-state index contributed by atoms with van der Waals surface area (Å²) < 4.78 is 2.14. The van der Waals surface area contributed by atoms with Crippen LogP contribution < -0.4 is 5.32 Å². The topological polar surface area (TPSA) is 76.9 Å². The Morgan fingerprint density at radius 3 is 2.35 bits per heavy atom.